The van der Waals surface area contributed by atoms with Gasteiger partial charge in [0.2, 0.25) is 5.95 Å². The molecule has 2 aromatic rings. The fraction of sp³-hybridized carbons (Fsp3) is 0.357. The Morgan fingerprint density at radius 1 is 1.29 bits per heavy atom. The second kappa shape index (κ2) is 5.46. The van der Waals surface area contributed by atoms with Crippen LogP contribution >= 0.6 is 11.6 Å². The van der Waals surface area contributed by atoms with E-state index in [1.165, 1.54) is 6.07 Å². The van der Waals surface area contributed by atoms with Gasteiger partial charge in [0.15, 0.2) is 0 Å². The molecule has 0 spiro atoms. The highest BCUT2D eigenvalue weighted by Crippen LogP contribution is 2.33. The van der Waals surface area contributed by atoms with Crippen molar-refractivity contribution in [2.45, 2.75) is 31.9 Å². The fourth-order valence-corrected chi connectivity index (χ4v) is 2.67. The summed E-state index contributed by atoms with van der Waals surface area (Å²) in [4.78, 5) is 4.20. The molecule has 1 aromatic heterocycles. The minimum atomic E-state index is -0.233. The Bertz CT molecular complexity index is 634. The molecule has 110 valence electrons. The maximum absolute atomic E-state index is 9.99. The molecule has 6 nitrogen and oxygen atoms in total. The Labute approximate surface area is 126 Å². The predicted octanol–water partition coefficient (Wildman–Crippen LogP) is 2.14. The molecule has 3 N–H and O–H groups in total. The van der Waals surface area contributed by atoms with Gasteiger partial charge in [0.05, 0.1) is 12.3 Å². The zero-order valence-corrected chi connectivity index (χ0v) is 12.2. The summed E-state index contributed by atoms with van der Waals surface area (Å²) in [7, 11) is 0. The number of aliphatic hydroxyl groups excluding tert-OH is 1. The summed E-state index contributed by atoms with van der Waals surface area (Å²) in [6.07, 6.45) is 2.72. The highest BCUT2D eigenvalue weighted by Gasteiger charge is 2.27. The molecule has 7 heteroatoms. The zero-order chi connectivity index (χ0) is 15.0. The lowest BCUT2D eigenvalue weighted by molar-refractivity contribution is 0.0834. The second-order valence-corrected chi connectivity index (χ2v) is 5.69. The molecule has 0 bridgehead atoms. The number of benzene rings is 1. The molecule has 1 fully saturated rings. The average molecular weight is 307 g/mol. The Morgan fingerprint density at radius 2 is 2.05 bits per heavy atom. The molecule has 1 heterocycles. The van der Waals surface area contributed by atoms with Crippen LogP contribution in [0.25, 0.3) is 11.3 Å². The highest BCUT2D eigenvalue weighted by atomic mass is 35.5. The maximum atomic E-state index is 9.99. The van der Waals surface area contributed by atoms with Gasteiger partial charge in [0, 0.05) is 16.6 Å². The van der Waals surface area contributed by atoms with E-state index in [-0.39, 0.29) is 17.9 Å². The lowest BCUT2D eigenvalue weighted by Crippen LogP contribution is -2.39. The van der Waals surface area contributed by atoms with Crippen molar-refractivity contribution in [1.29, 1.82) is 0 Å². The lowest BCUT2D eigenvalue weighted by atomic mass is 9.90. The second-order valence-electron chi connectivity index (χ2n) is 5.25. The molecule has 3 rings (SSSR count). The smallest absolute Gasteiger partial charge is 0.242 e. The van der Waals surface area contributed by atoms with Gasteiger partial charge in [-0.15, -0.1) is 10.2 Å². The van der Waals surface area contributed by atoms with E-state index in [2.05, 4.69) is 20.5 Å². The molecule has 1 aromatic carbocycles. The van der Waals surface area contributed by atoms with Gasteiger partial charge >= 0.3 is 0 Å². The quantitative estimate of drug-likeness (QED) is 0.805. The standard InChI is InChI=1S/C14H15ClN4O2/c1-7-2-8(15)3-12(21)13(7)11-6-16-14(19-18-11)17-9-4-10(20)5-9/h2-3,6,9-10,20-21H,4-5H2,1H3,(H,16,17,19). The summed E-state index contributed by atoms with van der Waals surface area (Å²) in [6, 6.07) is 3.41. The minimum absolute atomic E-state index is 0.0546. The molecule has 0 unspecified atom stereocenters. The molecule has 0 atom stereocenters. The normalized spacial score (nSPS) is 20.9. The van der Waals surface area contributed by atoms with E-state index < -0.39 is 0 Å². The van der Waals surface area contributed by atoms with E-state index in [4.69, 9.17) is 11.6 Å². The van der Waals surface area contributed by atoms with Crippen LogP contribution in [0.2, 0.25) is 5.02 Å². The molecular weight excluding hydrogens is 292 g/mol. The van der Waals surface area contributed by atoms with Crippen molar-refractivity contribution >= 4 is 17.5 Å². The summed E-state index contributed by atoms with van der Waals surface area (Å²) in [5.74, 6) is 0.473. The van der Waals surface area contributed by atoms with Crippen molar-refractivity contribution in [3.8, 4) is 17.0 Å². The summed E-state index contributed by atoms with van der Waals surface area (Å²) in [5, 5.41) is 30.9. The first-order valence-electron chi connectivity index (χ1n) is 6.66. The molecule has 1 saturated carbocycles. The van der Waals surface area contributed by atoms with Crippen LogP contribution < -0.4 is 5.32 Å². The summed E-state index contributed by atoms with van der Waals surface area (Å²) >= 11 is 5.88. The molecule has 0 saturated heterocycles. The number of aromatic hydroxyl groups is 1. The van der Waals surface area contributed by atoms with Gasteiger partial charge in [0.25, 0.3) is 0 Å². The van der Waals surface area contributed by atoms with Crippen molar-refractivity contribution in [3.05, 3.63) is 28.9 Å². The van der Waals surface area contributed by atoms with E-state index in [1.54, 1.807) is 12.3 Å². The van der Waals surface area contributed by atoms with Crippen LogP contribution in [-0.2, 0) is 0 Å². The summed E-state index contributed by atoms with van der Waals surface area (Å²) in [5.41, 5.74) is 1.87. The van der Waals surface area contributed by atoms with Gasteiger partial charge in [-0.2, -0.15) is 0 Å². The number of halogens is 1. The monoisotopic (exact) mass is 306 g/mol. The highest BCUT2D eigenvalue weighted by molar-refractivity contribution is 6.31. The predicted molar refractivity (Wildman–Crippen MR) is 79.3 cm³/mol. The Kier molecular flexibility index (Phi) is 3.65. The summed E-state index contributed by atoms with van der Waals surface area (Å²) < 4.78 is 0. The number of rotatable bonds is 3. The van der Waals surface area contributed by atoms with Gasteiger partial charge in [-0.3, -0.25) is 0 Å². The van der Waals surface area contributed by atoms with Crippen LogP contribution in [0, 0.1) is 6.92 Å². The van der Waals surface area contributed by atoms with Crippen LogP contribution in [0.1, 0.15) is 18.4 Å². The number of phenolic OH excluding ortho intramolecular Hbond substituents is 1. The number of nitrogens with one attached hydrogen (secondary N) is 1. The van der Waals surface area contributed by atoms with E-state index in [0.29, 0.717) is 35.1 Å². The number of nitrogens with zero attached hydrogens (tertiary/aromatic N) is 3. The van der Waals surface area contributed by atoms with Crippen molar-refractivity contribution < 1.29 is 10.2 Å². The first-order valence-corrected chi connectivity index (χ1v) is 7.04. The number of aliphatic hydroxyl groups is 1. The molecule has 1 aliphatic rings. The number of aromatic nitrogens is 3. The average Bonchev–Trinajstić information content (AvgIpc) is 2.37. The molecule has 0 aliphatic heterocycles. The first kappa shape index (κ1) is 14.0. The molecular formula is C14H15ClN4O2. The van der Waals surface area contributed by atoms with Gasteiger partial charge in [-0.25, -0.2) is 4.98 Å². The Morgan fingerprint density at radius 3 is 2.62 bits per heavy atom. The zero-order valence-electron chi connectivity index (χ0n) is 11.4. The first-order chi connectivity index (χ1) is 10.0. The number of aryl methyl sites for hydroxylation is 1. The third-order valence-corrected chi connectivity index (χ3v) is 3.76. The van der Waals surface area contributed by atoms with Gasteiger partial charge in [-0.1, -0.05) is 11.6 Å². The van der Waals surface area contributed by atoms with Crippen molar-refractivity contribution in [2.24, 2.45) is 0 Å². The van der Waals surface area contributed by atoms with Crippen LogP contribution in [0.4, 0.5) is 5.95 Å². The lowest BCUT2D eigenvalue weighted by Gasteiger charge is -2.31. The van der Waals surface area contributed by atoms with Gasteiger partial charge in [-0.05, 0) is 37.5 Å². The summed E-state index contributed by atoms with van der Waals surface area (Å²) in [6.45, 7) is 1.84. The maximum Gasteiger partial charge on any atom is 0.242 e. The molecule has 0 radical (unpaired) electrons. The third kappa shape index (κ3) is 2.91. The van der Waals surface area contributed by atoms with Crippen LogP contribution in [-0.4, -0.2) is 37.5 Å². The fourth-order valence-electron chi connectivity index (χ4n) is 2.40. The van der Waals surface area contributed by atoms with Gasteiger partial charge < -0.3 is 15.5 Å². The minimum Gasteiger partial charge on any atom is -0.507 e. The van der Waals surface area contributed by atoms with Crippen LogP contribution in [0.15, 0.2) is 18.3 Å². The van der Waals surface area contributed by atoms with Gasteiger partial charge in [0.1, 0.15) is 11.4 Å². The number of anilines is 1. The van der Waals surface area contributed by atoms with Crippen molar-refractivity contribution in [1.82, 2.24) is 15.2 Å². The number of hydrogen-bond acceptors (Lipinski definition) is 6. The van der Waals surface area contributed by atoms with E-state index >= 15 is 0 Å². The van der Waals surface area contributed by atoms with Crippen LogP contribution in [0.3, 0.4) is 0 Å². The largest absolute Gasteiger partial charge is 0.507 e. The SMILES string of the molecule is Cc1cc(Cl)cc(O)c1-c1cnc(NC2CC(O)C2)nn1. The Hall–Kier alpha value is -1.92. The van der Waals surface area contributed by atoms with Crippen molar-refractivity contribution in [2.75, 3.05) is 5.32 Å². The topological polar surface area (TPSA) is 91.2 Å². The molecule has 0 amide bonds. The molecule has 21 heavy (non-hydrogen) atoms. The van der Waals surface area contributed by atoms with E-state index in [0.717, 1.165) is 5.56 Å². The number of phenols is 1. The van der Waals surface area contributed by atoms with Crippen molar-refractivity contribution in [3.63, 3.8) is 0 Å². The Balaban J connectivity index is 1.81. The third-order valence-electron chi connectivity index (χ3n) is 3.54. The van der Waals surface area contributed by atoms with Crippen LogP contribution in [0.5, 0.6) is 5.75 Å². The van der Waals surface area contributed by atoms with E-state index in [9.17, 15) is 10.2 Å². The van der Waals surface area contributed by atoms with E-state index in [1.807, 2.05) is 6.92 Å². The molecule has 1 aliphatic carbocycles. The number of hydrogen-bond donors (Lipinski definition) is 3.